The van der Waals surface area contributed by atoms with Crippen LogP contribution >= 0.6 is 0 Å². The van der Waals surface area contributed by atoms with Crippen molar-refractivity contribution in [3.63, 3.8) is 0 Å². The van der Waals surface area contributed by atoms with Gasteiger partial charge in [0.05, 0.1) is 18.4 Å². The number of para-hydroxylation sites is 1. The second kappa shape index (κ2) is 7.09. The van der Waals surface area contributed by atoms with Crippen molar-refractivity contribution >= 4 is 12.1 Å². The number of amides is 1. The number of hydrogen-bond donors (Lipinski definition) is 2. The van der Waals surface area contributed by atoms with Crippen molar-refractivity contribution < 1.29 is 14.6 Å². The molecule has 2 N–H and O–H groups in total. The molecule has 0 aromatic heterocycles. The number of benzene rings is 2. The number of carbonyl (C=O) groups is 1. The molecule has 0 spiro atoms. The third-order valence-electron chi connectivity index (χ3n) is 2.72. The molecule has 0 radical (unpaired) electrons. The standard InChI is InChI=1S/C16H16N2O3/c1-2-21-13-9-7-12(8-10-13)11-17-18-16(20)14-5-3-4-6-15(14)19/h3-11,19H,2H2,1H3,(H,18,20). The van der Waals surface area contributed by atoms with Crippen LogP contribution in [-0.4, -0.2) is 23.8 Å². The number of hydrazone groups is 1. The highest BCUT2D eigenvalue weighted by atomic mass is 16.5. The Balaban J connectivity index is 1.96. The number of ether oxygens (including phenoxy) is 1. The fourth-order valence-corrected chi connectivity index (χ4v) is 1.71. The van der Waals surface area contributed by atoms with E-state index in [9.17, 15) is 9.90 Å². The minimum Gasteiger partial charge on any atom is -0.507 e. The zero-order valence-electron chi connectivity index (χ0n) is 11.6. The van der Waals surface area contributed by atoms with Crippen molar-refractivity contribution in [3.05, 3.63) is 59.7 Å². The van der Waals surface area contributed by atoms with Crippen LogP contribution in [0.3, 0.4) is 0 Å². The number of carbonyl (C=O) groups excluding carboxylic acids is 1. The van der Waals surface area contributed by atoms with Crippen LogP contribution in [-0.2, 0) is 0 Å². The maximum absolute atomic E-state index is 11.8. The van der Waals surface area contributed by atoms with Crippen LogP contribution in [0.15, 0.2) is 53.6 Å². The molecule has 1 amide bonds. The molecular formula is C16H16N2O3. The molecule has 0 unspecified atom stereocenters. The Morgan fingerprint density at radius 2 is 1.95 bits per heavy atom. The number of aromatic hydroxyl groups is 1. The number of nitrogens with zero attached hydrogens (tertiary/aromatic N) is 1. The van der Waals surface area contributed by atoms with E-state index in [0.717, 1.165) is 11.3 Å². The Morgan fingerprint density at radius 3 is 2.62 bits per heavy atom. The summed E-state index contributed by atoms with van der Waals surface area (Å²) in [6.07, 6.45) is 1.52. The fourth-order valence-electron chi connectivity index (χ4n) is 1.71. The van der Waals surface area contributed by atoms with Crippen LogP contribution < -0.4 is 10.2 Å². The molecule has 0 aliphatic rings. The first-order valence-electron chi connectivity index (χ1n) is 6.55. The average molecular weight is 284 g/mol. The highest BCUT2D eigenvalue weighted by molar-refractivity contribution is 5.97. The second-order valence-corrected chi connectivity index (χ2v) is 4.22. The van der Waals surface area contributed by atoms with Crippen LogP contribution in [0, 0.1) is 0 Å². The van der Waals surface area contributed by atoms with Gasteiger partial charge in [0, 0.05) is 0 Å². The van der Waals surface area contributed by atoms with E-state index in [1.807, 2.05) is 31.2 Å². The Hall–Kier alpha value is -2.82. The lowest BCUT2D eigenvalue weighted by atomic mass is 10.2. The molecule has 2 aromatic rings. The number of nitrogens with one attached hydrogen (secondary N) is 1. The van der Waals surface area contributed by atoms with Gasteiger partial charge in [-0.1, -0.05) is 12.1 Å². The summed E-state index contributed by atoms with van der Waals surface area (Å²) in [5.41, 5.74) is 3.38. The van der Waals surface area contributed by atoms with E-state index in [2.05, 4.69) is 10.5 Å². The first-order valence-corrected chi connectivity index (χ1v) is 6.55. The van der Waals surface area contributed by atoms with E-state index in [4.69, 9.17) is 4.74 Å². The summed E-state index contributed by atoms with van der Waals surface area (Å²) >= 11 is 0. The fraction of sp³-hybridized carbons (Fsp3) is 0.125. The predicted molar refractivity (Wildman–Crippen MR) is 80.8 cm³/mol. The Labute approximate surface area is 122 Å². The summed E-state index contributed by atoms with van der Waals surface area (Å²) in [4.78, 5) is 11.8. The highest BCUT2D eigenvalue weighted by Gasteiger charge is 2.08. The van der Waals surface area contributed by atoms with Gasteiger partial charge in [0.25, 0.3) is 5.91 Å². The van der Waals surface area contributed by atoms with Crippen molar-refractivity contribution in [2.45, 2.75) is 6.92 Å². The van der Waals surface area contributed by atoms with E-state index >= 15 is 0 Å². The van der Waals surface area contributed by atoms with Crippen molar-refractivity contribution in [2.75, 3.05) is 6.61 Å². The van der Waals surface area contributed by atoms with Crippen molar-refractivity contribution in [3.8, 4) is 11.5 Å². The summed E-state index contributed by atoms with van der Waals surface area (Å²) in [5.74, 6) is 0.245. The summed E-state index contributed by atoms with van der Waals surface area (Å²) in [7, 11) is 0. The minimum absolute atomic E-state index is 0.0775. The number of hydrogen-bond acceptors (Lipinski definition) is 4. The van der Waals surface area contributed by atoms with Crippen molar-refractivity contribution in [1.29, 1.82) is 0 Å². The van der Waals surface area contributed by atoms with E-state index in [1.165, 1.54) is 18.3 Å². The largest absolute Gasteiger partial charge is 0.507 e. The Bertz CT molecular complexity index is 636. The van der Waals surface area contributed by atoms with Gasteiger partial charge < -0.3 is 9.84 Å². The quantitative estimate of drug-likeness (QED) is 0.654. The molecule has 0 fully saturated rings. The first-order chi connectivity index (χ1) is 10.2. The van der Waals surface area contributed by atoms with Gasteiger partial charge in [-0.15, -0.1) is 0 Å². The van der Waals surface area contributed by atoms with E-state index < -0.39 is 5.91 Å². The third kappa shape index (κ3) is 4.07. The average Bonchev–Trinajstić information content (AvgIpc) is 2.49. The maximum atomic E-state index is 11.8. The lowest BCUT2D eigenvalue weighted by Crippen LogP contribution is -2.17. The molecular weight excluding hydrogens is 268 g/mol. The normalized spacial score (nSPS) is 10.5. The molecule has 0 bridgehead atoms. The van der Waals surface area contributed by atoms with Crippen molar-refractivity contribution in [2.24, 2.45) is 5.10 Å². The smallest absolute Gasteiger partial charge is 0.275 e. The maximum Gasteiger partial charge on any atom is 0.275 e. The van der Waals surface area contributed by atoms with E-state index in [1.54, 1.807) is 12.1 Å². The molecule has 0 aliphatic carbocycles. The molecule has 0 heterocycles. The highest BCUT2D eigenvalue weighted by Crippen LogP contribution is 2.15. The van der Waals surface area contributed by atoms with Gasteiger partial charge in [-0.2, -0.15) is 5.10 Å². The lowest BCUT2D eigenvalue weighted by Gasteiger charge is -2.03. The molecule has 0 aliphatic heterocycles. The molecule has 5 nitrogen and oxygen atoms in total. The SMILES string of the molecule is CCOc1ccc(C=NNC(=O)c2ccccc2O)cc1. The molecule has 5 heteroatoms. The summed E-state index contributed by atoms with van der Waals surface area (Å²) < 4.78 is 5.33. The van der Waals surface area contributed by atoms with Gasteiger partial charge in [0.1, 0.15) is 11.5 Å². The lowest BCUT2D eigenvalue weighted by molar-refractivity contribution is 0.0952. The zero-order valence-corrected chi connectivity index (χ0v) is 11.6. The molecule has 0 saturated carbocycles. The van der Waals surface area contributed by atoms with Crippen molar-refractivity contribution in [1.82, 2.24) is 5.43 Å². The molecule has 108 valence electrons. The Kier molecular flexibility index (Phi) is 4.93. The van der Waals surface area contributed by atoms with Crippen LogP contribution in [0.1, 0.15) is 22.8 Å². The van der Waals surface area contributed by atoms with Gasteiger partial charge in [-0.3, -0.25) is 4.79 Å². The van der Waals surface area contributed by atoms with E-state index in [-0.39, 0.29) is 11.3 Å². The molecule has 0 atom stereocenters. The Morgan fingerprint density at radius 1 is 1.24 bits per heavy atom. The van der Waals surface area contributed by atoms with Gasteiger partial charge in [-0.05, 0) is 48.9 Å². The summed E-state index contributed by atoms with van der Waals surface area (Å²) in [6.45, 7) is 2.54. The second-order valence-electron chi connectivity index (χ2n) is 4.22. The molecule has 2 rings (SSSR count). The van der Waals surface area contributed by atoms with Crippen LogP contribution in [0.5, 0.6) is 11.5 Å². The zero-order chi connectivity index (χ0) is 15.1. The predicted octanol–water partition coefficient (Wildman–Crippen LogP) is 2.55. The first kappa shape index (κ1) is 14.6. The van der Waals surface area contributed by atoms with Gasteiger partial charge in [0.15, 0.2) is 0 Å². The number of phenolic OH excluding ortho intramolecular Hbond substituents is 1. The van der Waals surface area contributed by atoms with Crippen LogP contribution in [0.25, 0.3) is 0 Å². The number of phenols is 1. The van der Waals surface area contributed by atoms with E-state index in [0.29, 0.717) is 6.61 Å². The summed E-state index contributed by atoms with van der Waals surface area (Å²) in [5, 5.41) is 13.4. The van der Waals surface area contributed by atoms with Gasteiger partial charge in [0.2, 0.25) is 0 Å². The molecule has 2 aromatic carbocycles. The topological polar surface area (TPSA) is 70.9 Å². The van der Waals surface area contributed by atoms with Crippen LogP contribution in [0.2, 0.25) is 0 Å². The molecule has 21 heavy (non-hydrogen) atoms. The minimum atomic E-state index is -0.463. The van der Waals surface area contributed by atoms with Gasteiger partial charge >= 0.3 is 0 Å². The number of rotatable bonds is 5. The summed E-state index contributed by atoms with van der Waals surface area (Å²) in [6, 6.07) is 13.6. The monoisotopic (exact) mass is 284 g/mol. The third-order valence-corrected chi connectivity index (χ3v) is 2.72. The molecule has 0 saturated heterocycles. The van der Waals surface area contributed by atoms with Crippen LogP contribution in [0.4, 0.5) is 0 Å². The van der Waals surface area contributed by atoms with Gasteiger partial charge in [-0.25, -0.2) is 5.43 Å².